The summed E-state index contributed by atoms with van der Waals surface area (Å²) in [5, 5.41) is 0. The second kappa shape index (κ2) is 4.55. The van der Waals surface area contributed by atoms with Crippen LogP contribution in [0.1, 0.15) is 33.1 Å². The minimum atomic E-state index is 0.653. The van der Waals surface area contributed by atoms with E-state index in [1.807, 2.05) is 0 Å². The topological polar surface area (TPSA) is 3.24 Å². The third-order valence-corrected chi connectivity index (χ3v) is 2.44. The van der Waals surface area contributed by atoms with Crippen LogP contribution in [0.5, 0.6) is 0 Å². The molecule has 0 radical (unpaired) electrons. The van der Waals surface area contributed by atoms with Gasteiger partial charge in [-0.05, 0) is 39.8 Å². The molecule has 0 aromatic carbocycles. The third-order valence-electron chi connectivity index (χ3n) is 2.44. The maximum absolute atomic E-state index is 2.56. The molecule has 1 saturated heterocycles. The van der Waals surface area contributed by atoms with Crippen molar-refractivity contribution in [3.8, 4) is 0 Å². The van der Waals surface area contributed by atoms with Gasteiger partial charge in [-0.3, -0.25) is 4.90 Å². The first-order valence-electron chi connectivity index (χ1n) is 4.71. The van der Waals surface area contributed by atoms with Crippen molar-refractivity contribution >= 4 is 0 Å². The van der Waals surface area contributed by atoms with Crippen LogP contribution in [0.2, 0.25) is 0 Å². The van der Waals surface area contributed by atoms with Gasteiger partial charge in [-0.15, -0.1) is 0 Å². The van der Waals surface area contributed by atoms with Gasteiger partial charge in [-0.2, -0.15) is 0 Å². The third kappa shape index (κ3) is 2.66. The lowest BCUT2D eigenvalue weighted by Gasteiger charge is -2.30. The molecule has 1 heterocycles. The van der Waals surface area contributed by atoms with Gasteiger partial charge in [-0.25, -0.2) is 0 Å². The maximum Gasteiger partial charge on any atom is 0.0249 e. The Morgan fingerprint density at radius 2 is 1.82 bits per heavy atom. The molecule has 0 spiro atoms. The number of likely N-dealkylation sites (tertiary alicyclic amines) is 1. The van der Waals surface area contributed by atoms with Gasteiger partial charge in [0.25, 0.3) is 0 Å². The Morgan fingerprint density at radius 1 is 1.18 bits per heavy atom. The van der Waals surface area contributed by atoms with Gasteiger partial charge in [0.05, 0.1) is 0 Å². The van der Waals surface area contributed by atoms with Crippen LogP contribution in [-0.4, -0.2) is 24.0 Å². The average Bonchev–Trinajstić information content (AvgIpc) is 2.07. The van der Waals surface area contributed by atoms with Crippen molar-refractivity contribution < 1.29 is 0 Å². The lowest BCUT2D eigenvalue weighted by atomic mass is 10.1. The molecule has 1 aliphatic rings. The molecule has 1 unspecified atom stereocenters. The second-order valence-electron chi connectivity index (χ2n) is 3.36. The smallest absolute Gasteiger partial charge is 0.0249 e. The summed E-state index contributed by atoms with van der Waals surface area (Å²) in [5.74, 6) is 0. The van der Waals surface area contributed by atoms with Crippen LogP contribution in [0.4, 0.5) is 0 Å². The van der Waals surface area contributed by atoms with E-state index in [9.17, 15) is 0 Å². The van der Waals surface area contributed by atoms with E-state index in [1.165, 1.54) is 32.4 Å². The molecule has 1 nitrogen and oxygen atoms in total. The van der Waals surface area contributed by atoms with Gasteiger partial charge in [0.2, 0.25) is 0 Å². The highest BCUT2D eigenvalue weighted by Gasteiger charge is 2.13. The van der Waals surface area contributed by atoms with Crippen molar-refractivity contribution in [1.82, 2.24) is 4.90 Å². The molecule has 0 bridgehead atoms. The molecule has 0 saturated carbocycles. The Balaban J connectivity index is 2.32. The molecular weight excluding hydrogens is 134 g/mol. The van der Waals surface area contributed by atoms with E-state index in [2.05, 4.69) is 30.9 Å². The van der Waals surface area contributed by atoms with E-state index in [-0.39, 0.29) is 0 Å². The van der Waals surface area contributed by atoms with Gasteiger partial charge in [-0.1, -0.05) is 18.6 Å². The molecule has 0 aromatic heterocycles. The fourth-order valence-electron chi connectivity index (χ4n) is 1.73. The van der Waals surface area contributed by atoms with Crippen molar-refractivity contribution in [2.75, 3.05) is 13.1 Å². The van der Waals surface area contributed by atoms with Gasteiger partial charge in [0, 0.05) is 6.04 Å². The van der Waals surface area contributed by atoms with E-state index in [0.29, 0.717) is 6.04 Å². The van der Waals surface area contributed by atoms with Crippen LogP contribution in [0.3, 0.4) is 0 Å². The molecular formula is C10H19N. The van der Waals surface area contributed by atoms with Crippen molar-refractivity contribution in [2.24, 2.45) is 0 Å². The van der Waals surface area contributed by atoms with Crippen molar-refractivity contribution in [3.63, 3.8) is 0 Å². The van der Waals surface area contributed by atoms with Crippen molar-refractivity contribution in [3.05, 3.63) is 12.2 Å². The van der Waals surface area contributed by atoms with Gasteiger partial charge in [0.15, 0.2) is 0 Å². The maximum atomic E-state index is 2.56. The zero-order valence-electron chi connectivity index (χ0n) is 7.71. The molecule has 1 heteroatoms. The Morgan fingerprint density at radius 3 is 2.36 bits per heavy atom. The molecule has 0 N–H and O–H groups in total. The van der Waals surface area contributed by atoms with Gasteiger partial charge in [0.1, 0.15) is 0 Å². The molecule has 0 amide bonds. The van der Waals surface area contributed by atoms with Crippen LogP contribution in [0.25, 0.3) is 0 Å². The standard InChI is InChI=1S/C10H19N/c1-3-7-10(2)11-8-5-4-6-9-11/h3,7,10H,4-6,8-9H2,1-2H3. The normalized spacial score (nSPS) is 24.2. The minimum Gasteiger partial charge on any atom is -0.297 e. The van der Waals surface area contributed by atoms with Crippen LogP contribution in [0, 0.1) is 0 Å². The second-order valence-corrected chi connectivity index (χ2v) is 3.36. The van der Waals surface area contributed by atoms with E-state index in [1.54, 1.807) is 0 Å². The molecule has 0 aliphatic carbocycles. The SMILES string of the molecule is CC=CC(C)N1CCCCC1. The minimum absolute atomic E-state index is 0.653. The summed E-state index contributed by atoms with van der Waals surface area (Å²) < 4.78 is 0. The van der Waals surface area contributed by atoms with E-state index < -0.39 is 0 Å². The highest BCUT2D eigenvalue weighted by molar-refractivity contribution is 4.90. The summed E-state index contributed by atoms with van der Waals surface area (Å²) in [4.78, 5) is 2.56. The molecule has 0 aromatic rings. The Hall–Kier alpha value is -0.300. The fraction of sp³-hybridized carbons (Fsp3) is 0.800. The largest absolute Gasteiger partial charge is 0.297 e. The van der Waals surface area contributed by atoms with Crippen LogP contribution >= 0.6 is 0 Å². The summed E-state index contributed by atoms with van der Waals surface area (Å²) in [7, 11) is 0. The first-order chi connectivity index (χ1) is 5.34. The highest BCUT2D eigenvalue weighted by atomic mass is 15.1. The number of rotatable bonds is 2. The number of hydrogen-bond donors (Lipinski definition) is 0. The van der Waals surface area contributed by atoms with Crippen LogP contribution in [-0.2, 0) is 0 Å². The molecule has 1 fully saturated rings. The molecule has 1 atom stereocenters. The van der Waals surface area contributed by atoms with Gasteiger partial charge >= 0.3 is 0 Å². The predicted molar refractivity (Wildman–Crippen MR) is 49.7 cm³/mol. The number of nitrogens with zero attached hydrogens (tertiary/aromatic N) is 1. The summed E-state index contributed by atoms with van der Waals surface area (Å²) in [5.41, 5.74) is 0. The Labute approximate surface area is 70.1 Å². The predicted octanol–water partition coefficient (Wildman–Crippen LogP) is 2.44. The quantitative estimate of drug-likeness (QED) is 0.551. The molecule has 1 aliphatic heterocycles. The first-order valence-corrected chi connectivity index (χ1v) is 4.71. The monoisotopic (exact) mass is 153 g/mol. The number of hydrogen-bond acceptors (Lipinski definition) is 1. The first kappa shape index (κ1) is 8.79. The fourth-order valence-corrected chi connectivity index (χ4v) is 1.73. The lowest BCUT2D eigenvalue weighted by molar-refractivity contribution is 0.201. The summed E-state index contributed by atoms with van der Waals surface area (Å²) in [6.07, 6.45) is 8.65. The van der Waals surface area contributed by atoms with Crippen molar-refractivity contribution in [2.45, 2.75) is 39.2 Å². The van der Waals surface area contributed by atoms with Crippen LogP contribution < -0.4 is 0 Å². The number of allylic oxidation sites excluding steroid dienone is 1. The zero-order valence-corrected chi connectivity index (χ0v) is 7.71. The molecule has 11 heavy (non-hydrogen) atoms. The summed E-state index contributed by atoms with van der Waals surface area (Å²) >= 11 is 0. The summed E-state index contributed by atoms with van der Waals surface area (Å²) in [6, 6.07) is 0.653. The van der Waals surface area contributed by atoms with E-state index in [4.69, 9.17) is 0 Å². The Bertz CT molecular complexity index is 123. The van der Waals surface area contributed by atoms with Crippen molar-refractivity contribution in [1.29, 1.82) is 0 Å². The Kier molecular flexibility index (Phi) is 3.64. The number of piperidine rings is 1. The van der Waals surface area contributed by atoms with Crippen LogP contribution in [0.15, 0.2) is 12.2 Å². The highest BCUT2D eigenvalue weighted by Crippen LogP contribution is 2.12. The lowest BCUT2D eigenvalue weighted by Crippen LogP contribution is -2.36. The average molecular weight is 153 g/mol. The van der Waals surface area contributed by atoms with Gasteiger partial charge < -0.3 is 0 Å². The van der Waals surface area contributed by atoms with E-state index >= 15 is 0 Å². The van der Waals surface area contributed by atoms with E-state index in [0.717, 1.165) is 0 Å². The molecule has 64 valence electrons. The molecule has 1 rings (SSSR count). The zero-order chi connectivity index (χ0) is 8.10. The summed E-state index contributed by atoms with van der Waals surface area (Å²) in [6.45, 7) is 6.97.